The van der Waals surface area contributed by atoms with E-state index in [-0.39, 0.29) is 17.3 Å². The zero-order valence-corrected chi connectivity index (χ0v) is 14.4. The fourth-order valence-electron chi connectivity index (χ4n) is 2.79. The van der Waals surface area contributed by atoms with Crippen LogP contribution in [0.25, 0.3) is 0 Å². The second-order valence-corrected chi connectivity index (χ2v) is 7.72. The largest absolute Gasteiger partial charge is 0.312 e. The second kappa shape index (κ2) is 7.33. The first-order chi connectivity index (χ1) is 12.0. The number of halogens is 1. The van der Waals surface area contributed by atoms with Crippen molar-refractivity contribution in [2.75, 3.05) is 11.4 Å². The number of hydrogen-bond acceptors (Lipinski definition) is 3. The van der Waals surface area contributed by atoms with Gasteiger partial charge in [0.05, 0.1) is 4.90 Å². The molecule has 0 bridgehead atoms. The van der Waals surface area contributed by atoms with Gasteiger partial charge in [0, 0.05) is 25.2 Å². The molecule has 2 aromatic carbocycles. The Morgan fingerprint density at radius 2 is 1.84 bits per heavy atom. The molecule has 1 heterocycles. The minimum atomic E-state index is -3.72. The van der Waals surface area contributed by atoms with E-state index in [9.17, 15) is 17.6 Å². The first-order valence-electron chi connectivity index (χ1n) is 8.10. The van der Waals surface area contributed by atoms with Gasteiger partial charge in [-0.25, -0.2) is 17.5 Å². The van der Waals surface area contributed by atoms with E-state index in [1.165, 1.54) is 12.1 Å². The smallest absolute Gasteiger partial charge is 0.240 e. The number of nitrogens with zero attached hydrogens (tertiary/aromatic N) is 1. The summed E-state index contributed by atoms with van der Waals surface area (Å²) in [6.07, 6.45) is 2.42. The molecule has 0 unspecified atom stereocenters. The molecule has 3 rings (SSSR count). The van der Waals surface area contributed by atoms with Crippen molar-refractivity contribution in [3.8, 4) is 0 Å². The van der Waals surface area contributed by atoms with Crippen LogP contribution in [-0.2, 0) is 21.4 Å². The zero-order chi connectivity index (χ0) is 17.9. The molecule has 1 amide bonds. The van der Waals surface area contributed by atoms with E-state index in [1.54, 1.807) is 17.0 Å². The van der Waals surface area contributed by atoms with Gasteiger partial charge in [0.2, 0.25) is 15.9 Å². The lowest BCUT2D eigenvalue weighted by Gasteiger charge is -2.27. The summed E-state index contributed by atoms with van der Waals surface area (Å²) in [4.78, 5) is 13.8. The van der Waals surface area contributed by atoms with Gasteiger partial charge in [-0.3, -0.25) is 4.79 Å². The van der Waals surface area contributed by atoms with Gasteiger partial charge in [0.15, 0.2) is 0 Å². The summed E-state index contributed by atoms with van der Waals surface area (Å²) < 4.78 is 39.9. The van der Waals surface area contributed by atoms with Crippen molar-refractivity contribution in [3.05, 3.63) is 59.9 Å². The first kappa shape index (κ1) is 17.6. The number of rotatable bonds is 5. The van der Waals surface area contributed by atoms with Gasteiger partial charge in [-0.2, -0.15) is 0 Å². The van der Waals surface area contributed by atoms with E-state index in [4.69, 9.17) is 0 Å². The molecule has 7 heteroatoms. The fraction of sp³-hybridized carbons (Fsp3) is 0.278. The van der Waals surface area contributed by atoms with Crippen LogP contribution in [0.2, 0.25) is 0 Å². The van der Waals surface area contributed by atoms with Crippen molar-refractivity contribution in [2.45, 2.75) is 30.7 Å². The molecular formula is C18H19FN2O3S. The minimum Gasteiger partial charge on any atom is -0.312 e. The third kappa shape index (κ3) is 4.24. The summed E-state index contributed by atoms with van der Waals surface area (Å²) in [7, 11) is -3.72. The predicted molar refractivity (Wildman–Crippen MR) is 93.1 cm³/mol. The van der Waals surface area contributed by atoms with E-state index in [0.717, 1.165) is 36.2 Å². The molecule has 2 aromatic rings. The van der Waals surface area contributed by atoms with Gasteiger partial charge in [0.25, 0.3) is 0 Å². The van der Waals surface area contributed by atoms with E-state index in [1.807, 2.05) is 12.1 Å². The maximum Gasteiger partial charge on any atom is 0.240 e. The highest BCUT2D eigenvalue weighted by atomic mass is 32.2. The Bertz CT molecular complexity index is 866. The third-order valence-corrected chi connectivity index (χ3v) is 5.55. The Morgan fingerprint density at radius 1 is 1.08 bits per heavy atom. The molecular weight excluding hydrogens is 343 g/mol. The molecule has 0 spiro atoms. The fourth-order valence-corrected chi connectivity index (χ4v) is 3.81. The lowest BCUT2D eigenvalue weighted by atomic mass is 10.1. The molecule has 0 saturated carbocycles. The molecule has 1 aliphatic heterocycles. The van der Waals surface area contributed by atoms with E-state index < -0.39 is 15.8 Å². The molecule has 132 valence electrons. The first-order valence-corrected chi connectivity index (χ1v) is 9.58. The number of carbonyl (C=O) groups is 1. The van der Waals surface area contributed by atoms with Crippen molar-refractivity contribution in [3.63, 3.8) is 0 Å². The quantitative estimate of drug-likeness (QED) is 0.889. The predicted octanol–water partition coefficient (Wildman–Crippen LogP) is 2.82. The number of piperidine rings is 1. The van der Waals surface area contributed by atoms with Crippen LogP contribution in [0, 0.1) is 5.82 Å². The van der Waals surface area contributed by atoms with E-state index in [2.05, 4.69) is 4.72 Å². The van der Waals surface area contributed by atoms with Crippen molar-refractivity contribution in [2.24, 2.45) is 0 Å². The molecule has 0 aromatic heterocycles. The van der Waals surface area contributed by atoms with Crippen LogP contribution >= 0.6 is 0 Å². The molecule has 1 saturated heterocycles. The Hall–Kier alpha value is -2.25. The van der Waals surface area contributed by atoms with Crippen LogP contribution in [-0.4, -0.2) is 20.9 Å². The number of carbonyl (C=O) groups excluding carboxylic acids is 1. The molecule has 1 fully saturated rings. The van der Waals surface area contributed by atoms with Crippen LogP contribution < -0.4 is 9.62 Å². The van der Waals surface area contributed by atoms with Crippen LogP contribution in [0.15, 0.2) is 53.4 Å². The second-order valence-electron chi connectivity index (χ2n) is 5.95. The van der Waals surface area contributed by atoms with Crippen molar-refractivity contribution in [1.29, 1.82) is 0 Å². The minimum absolute atomic E-state index is 0.0104. The Kier molecular flexibility index (Phi) is 5.15. The van der Waals surface area contributed by atoms with Crippen molar-refractivity contribution >= 4 is 21.6 Å². The highest BCUT2D eigenvalue weighted by Gasteiger charge is 2.20. The van der Waals surface area contributed by atoms with Crippen LogP contribution in [0.4, 0.5) is 10.1 Å². The lowest BCUT2D eigenvalue weighted by molar-refractivity contribution is -0.119. The maximum absolute atomic E-state index is 12.9. The number of benzene rings is 2. The SMILES string of the molecule is O=C1CCCCN1c1cccc(CNS(=O)(=O)c2ccc(F)cc2)c1. The lowest BCUT2D eigenvalue weighted by Crippen LogP contribution is -2.35. The average molecular weight is 362 g/mol. The molecule has 0 atom stereocenters. The molecule has 0 aliphatic carbocycles. The standard InChI is InChI=1S/C18H19FN2O3S/c19-15-7-9-17(10-8-15)25(23,24)20-13-14-4-3-5-16(12-14)21-11-2-1-6-18(21)22/h3-5,7-10,12,20H,1-2,6,11,13H2. The van der Waals surface area contributed by atoms with Gasteiger partial charge in [-0.1, -0.05) is 12.1 Å². The molecule has 0 radical (unpaired) electrons. The Balaban J connectivity index is 1.72. The van der Waals surface area contributed by atoms with Crippen LogP contribution in [0.5, 0.6) is 0 Å². The molecule has 5 nitrogen and oxygen atoms in total. The highest BCUT2D eigenvalue weighted by Crippen LogP contribution is 2.22. The summed E-state index contributed by atoms with van der Waals surface area (Å²) in [5.41, 5.74) is 1.53. The molecule has 25 heavy (non-hydrogen) atoms. The van der Waals surface area contributed by atoms with Gasteiger partial charge in [0.1, 0.15) is 5.82 Å². The Morgan fingerprint density at radius 3 is 2.56 bits per heavy atom. The zero-order valence-electron chi connectivity index (χ0n) is 13.6. The normalized spacial score (nSPS) is 15.4. The van der Waals surface area contributed by atoms with Crippen molar-refractivity contribution < 1.29 is 17.6 Å². The Labute approximate surface area is 146 Å². The molecule has 1 aliphatic rings. The monoisotopic (exact) mass is 362 g/mol. The molecule has 1 N–H and O–H groups in total. The van der Waals surface area contributed by atoms with E-state index in [0.29, 0.717) is 13.0 Å². The summed E-state index contributed by atoms with van der Waals surface area (Å²) in [5.74, 6) is -0.395. The summed E-state index contributed by atoms with van der Waals surface area (Å²) in [5, 5.41) is 0. The number of sulfonamides is 1. The van der Waals surface area contributed by atoms with Gasteiger partial charge < -0.3 is 4.90 Å². The third-order valence-electron chi connectivity index (χ3n) is 4.14. The summed E-state index contributed by atoms with van der Waals surface area (Å²) >= 11 is 0. The van der Waals surface area contributed by atoms with Crippen molar-refractivity contribution in [1.82, 2.24) is 4.72 Å². The maximum atomic E-state index is 12.9. The van der Waals surface area contributed by atoms with Crippen LogP contribution in [0.3, 0.4) is 0 Å². The topological polar surface area (TPSA) is 66.5 Å². The van der Waals surface area contributed by atoms with Gasteiger partial charge >= 0.3 is 0 Å². The number of amides is 1. The number of hydrogen-bond donors (Lipinski definition) is 1. The number of nitrogens with one attached hydrogen (secondary N) is 1. The average Bonchev–Trinajstić information content (AvgIpc) is 2.61. The van der Waals surface area contributed by atoms with Crippen LogP contribution in [0.1, 0.15) is 24.8 Å². The number of anilines is 1. The van der Waals surface area contributed by atoms with E-state index >= 15 is 0 Å². The summed E-state index contributed by atoms with van der Waals surface area (Å²) in [6, 6.07) is 11.9. The van der Waals surface area contributed by atoms with Gasteiger partial charge in [-0.05, 0) is 54.8 Å². The highest BCUT2D eigenvalue weighted by molar-refractivity contribution is 7.89. The summed E-state index contributed by atoms with van der Waals surface area (Å²) in [6.45, 7) is 0.777. The van der Waals surface area contributed by atoms with Gasteiger partial charge in [-0.15, -0.1) is 0 Å².